The van der Waals surface area contributed by atoms with Crippen molar-refractivity contribution in [1.82, 2.24) is 10.2 Å². The lowest BCUT2D eigenvalue weighted by Crippen LogP contribution is -2.37. The van der Waals surface area contributed by atoms with E-state index in [0.717, 1.165) is 62.5 Å². The van der Waals surface area contributed by atoms with Crippen LogP contribution in [0.15, 0.2) is 48.5 Å². The number of carbonyl (C=O) groups excluding carboxylic acids is 2. The van der Waals surface area contributed by atoms with E-state index in [1.165, 1.54) is 0 Å². The van der Waals surface area contributed by atoms with Crippen molar-refractivity contribution in [3.63, 3.8) is 0 Å². The van der Waals surface area contributed by atoms with Crippen LogP contribution in [0.3, 0.4) is 0 Å². The van der Waals surface area contributed by atoms with Gasteiger partial charge in [-0.2, -0.15) is 0 Å². The lowest BCUT2D eigenvalue weighted by atomic mass is 10.1. The van der Waals surface area contributed by atoms with Gasteiger partial charge in [0.25, 0.3) is 0 Å². The van der Waals surface area contributed by atoms with E-state index in [0.29, 0.717) is 38.6 Å². The molecule has 0 aliphatic rings. The number of benzene rings is 2. The summed E-state index contributed by atoms with van der Waals surface area (Å²) in [6, 6.07) is 14.4. The van der Waals surface area contributed by atoms with Crippen molar-refractivity contribution in [3.8, 4) is 11.5 Å². The van der Waals surface area contributed by atoms with Crippen molar-refractivity contribution < 1.29 is 29.3 Å². The number of hydrogen-bond acceptors (Lipinski definition) is 8. The molecule has 2 aromatic carbocycles. The Morgan fingerprint density at radius 2 is 1.39 bits per heavy atom. The topological polar surface area (TPSA) is 108 Å². The summed E-state index contributed by atoms with van der Waals surface area (Å²) in [6.45, 7) is 4.49. The zero-order chi connectivity index (χ0) is 27.4. The Labute approximate surface area is 227 Å². The largest absolute Gasteiger partial charge is 0.508 e. The number of aromatic hydroxyl groups is 2. The van der Waals surface area contributed by atoms with Crippen LogP contribution in [0.4, 0.5) is 0 Å². The van der Waals surface area contributed by atoms with Gasteiger partial charge in [-0.05, 0) is 43.4 Å². The normalized spacial score (nSPS) is 11.0. The van der Waals surface area contributed by atoms with Crippen molar-refractivity contribution in [2.24, 2.45) is 0 Å². The highest BCUT2D eigenvalue weighted by Crippen LogP contribution is 2.19. The van der Waals surface area contributed by atoms with Crippen molar-refractivity contribution in [3.05, 3.63) is 59.7 Å². The third kappa shape index (κ3) is 13.4. The Morgan fingerprint density at radius 1 is 0.789 bits per heavy atom. The molecular formula is C30H44N2O6. The molecule has 0 aliphatic heterocycles. The van der Waals surface area contributed by atoms with Gasteiger partial charge >= 0.3 is 11.9 Å². The van der Waals surface area contributed by atoms with Gasteiger partial charge in [0, 0.05) is 25.2 Å². The van der Waals surface area contributed by atoms with E-state index in [9.17, 15) is 19.8 Å². The molecule has 38 heavy (non-hydrogen) atoms. The Bertz CT molecular complexity index is 952. The maximum absolute atomic E-state index is 12.3. The molecule has 3 N–H and O–H groups in total. The molecule has 0 atom stereocenters. The molecule has 210 valence electrons. The summed E-state index contributed by atoms with van der Waals surface area (Å²) in [6.07, 6.45) is 7.54. The molecule has 0 radical (unpaired) electrons. The molecule has 2 rings (SSSR count). The minimum Gasteiger partial charge on any atom is -0.508 e. The zero-order valence-electron chi connectivity index (χ0n) is 22.7. The Hall–Kier alpha value is -3.10. The number of nitrogens with one attached hydrogen (secondary N) is 1. The van der Waals surface area contributed by atoms with Gasteiger partial charge in [0.15, 0.2) is 0 Å². The number of hydrogen-bond donors (Lipinski definition) is 3. The average Bonchev–Trinajstić information content (AvgIpc) is 2.90. The summed E-state index contributed by atoms with van der Waals surface area (Å²) < 4.78 is 10.7. The molecule has 2 aromatic rings. The second kappa shape index (κ2) is 19.0. The van der Waals surface area contributed by atoms with Gasteiger partial charge in [-0.3, -0.25) is 14.5 Å². The van der Waals surface area contributed by atoms with E-state index < -0.39 is 0 Å². The van der Waals surface area contributed by atoms with Crippen LogP contribution in [-0.4, -0.2) is 66.4 Å². The molecule has 0 heterocycles. The monoisotopic (exact) mass is 528 g/mol. The summed E-state index contributed by atoms with van der Waals surface area (Å²) in [7, 11) is 0. The van der Waals surface area contributed by atoms with Gasteiger partial charge in [-0.25, -0.2) is 0 Å². The molecule has 0 saturated heterocycles. The number of phenols is 2. The highest BCUT2D eigenvalue weighted by atomic mass is 16.5. The molecule has 8 heteroatoms. The first-order chi connectivity index (χ1) is 18.5. The molecular weight excluding hydrogens is 484 g/mol. The molecule has 0 spiro atoms. The predicted octanol–water partition coefficient (Wildman–Crippen LogP) is 4.57. The highest BCUT2D eigenvalue weighted by Gasteiger charge is 2.14. The second-order valence-electron chi connectivity index (χ2n) is 9.46. The van der Waals surface area contributed by atoms with E-state index >= 15 is 0 Å². The number of phenolic OH excluding ortho intramolecular Hbond substituents is 2. The SMILES string of the molecule is CCCCCOC(=O)CN(CCNCC(=O)OCCCCCCc1ccccc1O)Cc1ccccc1O. The Kier molecular flexibility index (Phi) is 15.6. The van der Waals surface area contributed by atoms with Gasteiger partial charge in [0.2, 0.25) is 0 Å². The summed E-state index contributed by atoms with van der Waals surface area (Å²) in [5, 5.41) is 23.0. The Morgan fingerprint density at radius 3 is 2.08 bits per heavy atom. The number of unbranched alkanes of at least 4 members (excludes halogenated alkanes) is 5. The Balaban J connectivity index is 1.61. The molecule has 0 fully saturated rings. The van der Waals surface area contributed by atoms with Crippen molar-refractivity contribution >= 4 is 11.9 Å². The third-order valence-electron chi connectivity index (χ3n) is 6.22. The first kappa shape index (κ1) is 31.1. The third-order valence-corrected chi connectivity index (χ3v) is 6.22. The van der Waals surface area contributed by atoms with Crippen LogP contribution in [0.2, 0.25) is 0 Å². The van der Waals surface area contributed by atoms with E-state index in [-0.39, 0.29) is 30.8 Å². The standard InChI is InChI=1S/C30H44N2O6/c1-2-3-11-20-38-30(36)24-32(23-26-15-8-10-17-28(26)34)19-18-31-22-29(35)37-21-12-5-4-6-13-25-14-7-9-16-27(25)33/h7-10,14-17,31,33-34H,2-6,11-13,18-24H2,1H3. The van der Waals surface area contributed by atoms with Crippen LogP contribution >= 0.6 is 0 Å². The van der Waals surface area contributed by atoms with Crippen LogP contribution < -0.4 is 5.32 Å². The first-order valence-electron chi connectivity index (χ1n) is 13.8. The van der Waals surface area contributed by atoms with Crippen LogP contribution in [0, 0.1) is 0 Å². The van der Waals surface area contributed by atoms with Crippen LogP contribution in [-0.2, 0) is 32.0 Å². The molecule has 8 nitrogen and oxygen atoms in total. The van der Waals surface area contributed by atoms with Gasteiger partial charge in [-0.1, -0.05) is 69.0 Å². The average molecular weight is 529 g/mol. The molecule has 0 unspecified atom stereocenters. The maximum atomic E-state index is 12.3. The minimum atomic E-state index is -0.304. The molecule has 0 bridgehead atoms. The van der Waals surface area contributed by atoms with Crippen LogP contribution in [0.25, 0.3) is 0 Å². The fraction of sp³-hybridized carbons (Fsp3) is 0.533. The quantitative estimate of drug-likeness (QED) is 0.169. The maximum Gasteiger partial charge on any atom is 0.320 e. The fourth-order valence-electron chi connectivity index (χ4n) is 4.02. The second-order valence-corrected chi connectivity index (χ2v) is 9.46. The van der Waals surface area contributed by atoms with E-state index in [4.69, 9.17) is 9.47 Å². The van der Waals surface area contributed by atoms with E-state index in [1.54, 1.807) is 18.2 Å². The molecule has 0 aromatic heterocycles. The highest BCUT2D eigenvalue weighted by molar-refractivity contribution is 5.72. The van der Waals surface area contributed by atoms with Gasteiger partial charge in [0.05, 0.1) is 26.3 Å². The van der Waals surface area contributed by atoms with Gasteiger partial charge < -0.3 is 25.0 Å². The van der Waals surface area contributed by atoms with E-state index in [1.807, 2.05) is 35.2 Å². The number of aryl methyl sites for hydroxylation is 1. The predicted molar refractivity (Wildman–Crippen MR) is 148 cm³/mol. The summed E-state index contributed by atoms with van der Waals surface area (Å²) >= 11 is 0. The smallest absolute Gasteiger partial charge is 0.320 e. The number of rotatable bonds is 20. The number of ether oxygens (including phenoxy) is 2. The molecule has 0 aliphatic carbocycles. The lowest BCUT2D eigenvalue weighted by Gasteiger charge is -2.22. The number of para-hydroxylation sites is 2. The zero-order valence-corrected chi connectivity index (χ0v) is 22.7. The number of carbonyl (C=O) groups is 2. The minimum absolute atomic E-state index is 0.0964. The fourth-order valence-corrected chi connectivity index (χ4v) is 4.02. The summed E-state index contributed by atoms with van der Waals surface area (Å²) in [4.78, 5) is 26.2. The van der Waals surface area contributed by atoms with Crippen LogP contribution in [0.5, 0.6) is 11.5 Å². The van der Waals surface area contributed by atoms with Crippen molar-refractivity contribution in [1.29, 1.82) is 0 Å². The van der Waals surface area contributed by atoms with E-state index in [2.05, 4.69) is 12.2 Å². The van der Waals surface area contributed by atoms with Gasteiger partial charge in [0.1, 0.15) is 11.5 Å². The van der Waals surface area contributed by atoms with Crippen molar-refractivity contribution in [2.45, 2.75) is 64.8 Å². The van der Waals surface area contributed by atoms with Crippen molar-refractivity contribution in [2.75, 3.05) is 39.4 Å². The van der Waals surface area contributed by atoms with Gasteiger partial charge in [-0.15, -0.1) is 0 Å². The first-order valence-corrected chi connectivity index (χ1v) is 13.8. The number of nitrogens with zero attached hydrogens (tertiary/aromatic N) is 1. The molecule has 0 saturated carbocycles. The summed E-state index contributed by atoms with van der Waals surface area (Å²) in [5.41, 5.74) is 1.69. The summed E-state index contributed by atoms with van der Waals surface area (Å²) in [5.74, 6) is -0.0699. The van der Waals surface area contributed by atoms with Crippen LogP contribution in [0.1, 0.15) is 63.0 Å². The number of esters is 2. The molecule has 0 amide bonds. The lowest BCUT2D eigenvalue weighted by molar-refractivity contribution is -0.145.